The van der Waals surface area contributed by atoms with Crippen molar-refractivity contribution in [1.29, 1.82) is 0 Å². The highest BCUT2D eigenvalue weighted by Crippen LogP contribution is 2.20. The standard InChI is InChI=1S/C20H19N7O2/c1-12-9-10-21-20-22-17(25-27(12)20)19(29)24-23-18(28)16-11-13(2)26(14(16)3)15-7-5-4-6-8-15/h4-11H,1-3H3,(H,23,28)(H,24,29). The second-order valence-corrected chi connectivity index (χ2v) is 6.60. The van der Waals surface area contributed by atoms with Gasteiger partial charge in [0.25, 0.3) is 11.7 Å². The molecule has 0 spiro atoms. The molecule has 0 fully saturated rings. The van der Waals surface area contributed by atoms with Gasteiger partial charge in [-0.25, -0.2) is 9.50 Å². The number of carbonyl (C=O) groups is 2. The summed E-state index contributed by atoms with van der Waals surface area (Å²) >= 11 is 0. The molecule has 0 aliphatic rings. The summed E-state index contributed by atoms with van der Waals surface area (Å²) in [6.45, 7) is 5.61. The van der Waals surface area contributed by atoms with Crippen LogP contribution >= 0.6 is 0 Å². The van der Waals surface area contributed by atoms with E-state index in [1.807, 2.05) is 55.7 Å². The van der Waals surface area contributed by atoms with Gasteiger partial charge in [0.2, 0.25) is 5.82 Å². The summed E-state index contributed by atoms with van der Waals surface area (Å²) < 4.78 is 3.44. The van der Waals surface area contributed by atoms with E-state index in [0.29, 0.717) is 11.3 Å². The van der Waals surface area contributed by atoms with Crippen LogP contribution in [0.1, 0.15) is 38.1 Å². The Morgan fingerprint density at radius 3 is 2.38 bits per heavy atom. The normalized spacial score (nSPS) is 10.9. The van der Waals surface area contributed by atoms with Crippen LogP contribution in [0, 0.1) is 20.8 Å². The Labute approximate surface area is 166 Å². The lowest BCUT2D eigenvalue weighted by Gasteiger charge is -2.10. The number of para-hydroxylation sites is 1. The van der Waals surface area contributed by atoms with Gasteiger partial charge in [0.1, 0.15) is 0 Å². The maximum Gasteiger partial charge on any atom is 0.309 e. The van der Waals surface area contributed by atoms with Gasteiger partial charge in [-0.05, 0) is 45.0 Å². The van der Waals surface area contributed by atoms with E-state index in [2.05, 4.69) is 25.9 Å². The van der Waals surface area contributed by atoms with Crippen molar-refractivity contribution in [3.63, 3.8) is 0 Å². The molecule has 29 heavy (non-hydrogen) atoms. The summed E-state index contributed by atoms with van der Waals surface area (Å²) in [5, 5.41) is 4.11. The molecular weight excluding hydrogens is 370 g/mol. The first-order chi connectivity index (χ1) is 14.0. The molecule has 0 atom stereocenters. The molecule has 2 amide bonds. The van der Waals surface area contributed by atoms with Crippen molar-refractivity contribution in [2.75, 3.05) is 0 Å². The van der Waals surface area contributed by atoms with Crippen LogP contribution in [-0.2, 0) is 0 Å². The summed E-state index contributed by atoms with van der Waals surface area (Å²) in [7, 11) is 0. The summed E-state index contributed by atoms with van der Waals surface area (Å²) in [4.78, 5) is 33.1. The molecule has 146 valence electrons. The SMILES string of the molecule is Cc1cc(C(=O)NNC(=O)c2nc3nccc(C)n3n2)c(C)n1-c1ccccc1. The van der Waals surface area contributed by atoms with E-state index in [1.54, 1.807) is 18.3 Å². The summed E-state index contributed by atoms with van der Waals surface area (Å²) in [5.41, 5.74) is 8.68. The molecule has 0 unspecified atom stereocenters. The Hall–Kier alpha value is -4.01. The van der Waals surface area contributed by atoms with Crippen molar-refractivity contribution >= 4 is 17.6 Å². The zero-order valence-corrected chi connectivity index (χ0v) is 16.2. The number of aryl methyl sites for hydroxylation is 2. The molecular formula is C20H19N7O2. The summed E-state index contributed by atoms with van der Waals surface area (Å²) in [6, 6.07) is 13.3. The third kappa shape index (κ3) is 3.33. The van der Waals surface area contributed by atoms with E-state index >= 15 is 0 Å². The highest BCUT2D eigenvalue weighted by atomic mass is 16.2. The number of nitrogens with zero attached hydrogens (tertiary/aromatic N) is 5. The van der Waals surface area contributed by atoms with Crippen LogP contribution < -0.4 is 10.9 Å². The van der Waals surface area contributed by atoms with Gasteiger partial charge in [0.05, 0.1) is 5.56 Å². The van der Waals surface area contributed by atoms with Gasteiger partial charge in [-0.1, -0.05) is 18.2 Å². The molecule has 0 aliphatic carbocycles. The van der Waals surface area contributed by atoms with Crippen LogP contribution in [0.3, 0.4) is 0 Å². The van der Waals surface area contributed by atoms with E-state index in [1.165, 1.54) is 4.52 Å². The Morgan fingerprint density at radius 2 is 1.66 bits per heavy atom. The Kier molecular flexibility index (Phi) is 4.55. The minimum absolute atomic E-state index is 0.0816. The third-order valence-electron chi connectivity index (χ3n) is 4.61. The van der Waals surface area contributed by atoms with E-state index in [9.17, 15) is 9.59 Å². The molecule has 0 aliphatic heterocycles. The molecule has 0 saturated carbocycles. The smallest absolute Gasteiger partial charge is 0.309 e. The van der Waals surface area contributed by atoms with E-state index < -0.39 is 11.8 Å². The number of benzene rings is 1. The van der Waals surface area contributed by atoms with Gasteiger partial charge in [-0.3, -0.25) is 20.4 Å². The van der Waals surface area contributed by atoms with E-state index in [-0.39, 0.29) is 5.82 Å². The molecule has 0 saturated heterocycles. The lowest BCUT2D eigenvalue weighted by atomic mass is 10.2. The van der Waals surface area contributed by atoms with Crippen molar-refractivity contribution in [1.82, 2.24) is 35.0 Å². The second-order valence-electron chi connectivity index (χ2n) is 6.60. The zero-order chi connectivity index (χ0) is 20.5. The Bertz CT molecular complexity index is 1220. The minimum atomic E-state index is -0.625. The number of nitrogens with one attached hydrogen (secondary N) is 2. The third-order valence-corrected chi connectivity index (χ3v) is 4.61. The molecule has 9 heteroatoms. The molecule has 3 aromatic heterocycles. The monoisotopic (exact) mass is 389 g/mol. The highest BCUT2D eigenvalue weighted by molar-refractivity contribution is 5.98. The van der Waals surface area contributed by atoms with E-state index in [0.717, 1.165) is 22.8 Å². The molecule has 1 aromatic carbocycles. The number of hydrogen-bond acceptors (Lipinski definition) is 5. The van der Waals surface area contributed by atoms with Crippen LogP contribution in [0.5, 0.6) is 0 Å². The molecule has 4 rings (SSSR count). The predicted molar refractivity (Wildman–Crippen MR) is 106 cm³/mol. The molecule has 9 nitrogen and oxygen atoms in total. The molecule has 0 bridgehead atoms. The Morgan fingerprint density at radius 1 is 0.931 bits per heavy atom. The van der Waals surface area contributed by atoms with Gasteiger partial charge in [-0.15, -0.1) is 5.10 Å². The number of hydrazine groups is 1. The maximum atomic E-state index is 12.6. The van der Waals surface area contributed by atoms with Crippen LogP contribution in [-0.4, -0.2) is 36.0 Å². The average Bonchev–Trinajstić information content (AvgIpc) is 3.28. The van der Waals surface area contributed by atoms with Gasteiger partial charge in [-0.2, -0.15) is 4.98 Å². The fraction of sp³-hybridized carbons (Fsp3) is 0.150. The maximum absolute atomic E-state index is 12.6. The largest absolute Gasteiger partial charge is 0.318 e. The van der Waals surface area contributed by atoms with Gasteiger partial charge >= 0.3 is 5.91 Å². The predicted octanol–water partition coefficient (Wildman–Crippen LogP) is 1.92. The van der Waals surface area contributed by atoms with Gasteiger partial charge < -0.3 is 4.57 Å². The molecule has 0 radical (unpaired) electrons. The topological polar surface area (TPSA) is 106 Å². The van der Waals surface area contributed by atoms with Crippen LogP contribution in [0.25, 0.3) is 11.5 Å². The number of rotatable bonds is 3. The molecule has 4 aromatic rings. The fourth-order valence-electron chi connectivity index (χ4n) is 3.21. The number of fused-ring (bicyclic) bond motifs is 1. The van der Waals surface area contributed by atoms with Crippen molar-refractivity contribution in [2.45, 2.75) is 20.8 Å². The summed E-state index contributed by atoms with van der Waals surface area (Å²) in [6.07, 6.45) is 1.59. The van der Waals surface area contributed by atoms with Crippen molar-refractivity contribution in [3.05, 3.63) is 77.1 Å². The summed E-state index contributed by atoms with van der Waals surface area (Å²) in [5.74, 6) is -0.818. The van der Waals surface area contributed by atoms with E-state index in [4.69, 9.17) is 0 Å². The molecule has 2 N–H and O–H groups in total. The van der Waals surface area contributed by atoms with Crippen molar-refractivity contribution in [3.8, 4) is 5.69 Å². The first-order valence-corrected chi connectivity index (χ1v) is 8.99. The van der Waals surface area contributed by atoms with Gasteiger partial charge in [0, 0.05) is 29.0 Å². The quantitative estimate of drug-likeness (QED) is 0.521. The highest BCUT2D eigenvalue weighted by Gasteiger charge is 2.19. The minimum Gasteiger partial charge on any atom is -0.318 e. The van der Waals surface area contributed by atoms with Crippen LogP contribution in [0.4, 0.5) is 0 Å². The first-order valence-electron chi connectivity index (χ1n) is 8.99. The zero-order valence-electron chi connectivity index (χ0n) is 16.2. The Balaban J connectivity index is 1.51. The van der Waals surface area contributed by atoms with Crippen molar-refractivity contribution in [2.24, 2.45) is 0 Å². The fourth-order valence-corrected chi connectivity index (χ4v) is 3.21. The number of hydrogen-bond donors (Lipinski definition) is 2. The average molecular weight is 389 g/mol. The lowest BCUT2D eigenvalue weighted by Crippen LogP contribution is -2.42. The van der Waals surface area contributed by atoms with Crippen LogP contribution in [0.2, 0.25) is 0 Å². The van der Waals surface area contributed by atoms with Crippen LogP contribution in [0.15, 0.2) is 48.7 Å². The second kappa shape index (κ2) is 7.19. The molecule has 3 heterocycles. The number of amides is 2. The first kappa shape index (κ1) is 18.4. The van der Waals surface area contributed by atoms with Gasteiger partial charge in [0.15, 0.2) is 0 Å². The lowest BCUT2D eigenvalue weighted by molar-refractivity contribution is 0.0840. The number of carbonyl (C=O) groups excluding carboxylic acids is 2. The van der Waals surface area contributed by atoms with Crippen molar-refractivity contribution < 1.29 is 9.59 Å². The number of aromatic nitrogens is 5.